The van der Waals surface area contributed by atoms with Crippen molar-refractivity contribution in [1.82, 2.24) is 5.32 Å². The van der Waals surface area contributed by atoms with E-state index in [2.05, 4.69) is 19.2 Å². The van der Waals surface area contributed by atoms with E-state index in [0.29, 0.717) is 6.42 Å². The number of amides is 1. The summed E-state index contributed by atoms with van der Waals surface area (Å²) in [6.07, 6.45) is 35.3. The van der Waals surface area contributed by atoms with Crippen LogP contribution in [0, 0.1) is 0 Å². The summed E-state index contributed by atoms with van der Waals surface area (Å²) in [4.78, 5) is 12.9. The topological polar surface area (TPSA) is 149 Å². The second kappa shape index (κ2) is 37.2. The SMILES string of the molecule is CCCCCCCCCCCCCCCCC/C=C/[C@@H](O)[C@H](CO[C@@H]1O[C@H](CO)[C@@H](O)C(O)C1O)NC(=O)CCCCCCCCCCCCCCCCC. The molecule has 1 rings (SSSR count). The lowest BCUT2D eigenvalue weighted by Crippen LogP contribution is -2.60. The fraction of sp³-hybridized carbons (Fsp3) is 0.935. The number of hydrogen-bond donors (Lipinski definition) is 6. The number of aliphatic hydroxyl groups is 5. The molecule has 0 aromatic carbocycles. The fourth-order valence-corrected chi connectivity index (χ4v) is 7.57. The Bertz CT molecular complexity index is 873. The van der Waals surface area contributed by atoms with Crippen molar-refractivity contribution in [3.05, 3.63) is 12.2 Å². The summed E-state index contributed by atoms with van der Waals surface area (Å²) >= 11 is 0. The highest BCUT2D eigenvalue weighted by Gasteiger charge is 2.44. The van der Waals surface area contributed by atoms with E-state index >= 15 is 0 Å². The molecule has 0 bridgehead atoms. The highest BCUT2D eigenvalue weighted by atomic mass is 16.7. The van der Waals surface area contributed by atoms with Gasteiger partial charge in [-0.1, -0.05) is 206 Å². The third-order valence-electron chi connectivity index (χ3n) is 11.4. The molecule has 9 heteroatoms. The molecule has 7 atom stereocenters. The first-order chi connectivity index (χ1) is 26.8. The minimum Gasteiger partial charge on any atom is -0.394 e. The summed E-state index contributed by atoms with van der Waals surface area (Å²) < 4.78 is 11.2. The van der Waals surface area contributed by atoms with Gasteiger partial charge in [0, 0.05) is 6.42 Å². The number of carbonyl (C=O) groups excluding carboxylic acids is 1. The summed E-state index contributed by atoms with van der Waals surface area (Å²) in [7, 11) is 0. The summed E-state index contributed by atoms with van der Waals surface area (Å²) in [5.41, 5.74) is 0. The van der Waals surface area contributed by atoms with E-state index in [9.17, 15) is 30.3 Å². The van der Waals surface area contributed by atoms with Crippen molar-refractivity contribution in [2.75, 3.05) is 13.2 Å². The van der Waals surface area contributed by atoms with Gasteiger partial charge in [0.2, 0.25) is 5.91 Å². The third-order valence-corrected chi connectivity index (χ3v) is 11.4. The van der Waals surface area contributed by atoms with Crippen LogP contribution >= 0.6 is 0 Å². The highest BCUT2D eigenvalue weighted by Crippen LogP contribution is 2.23. The Morgan fingerprint density at radius 1 is 0.600 bits per heavy atom. The summed E-state index contributed by atoms with van der Waals surface area (Å²) in [5, 5.41) is 54.2. The predicted molar refractivity (Wildman–Crippen MR) is 226 cm³/mol. The van der Waals surface area contributed by atoms with E-state index in [-0.39, 0.29) is 12.5 Å². The third kappa shape index (κ3) is 28.1. The van der Waals surface area contributed by atoms with Crippen molar-refractivity contribution in [2.24, 2.45) is 0 Å². The van der Waals surface area contributed by atoms with Crippen LogP contribution in [0.2, 0.25) is 0 Å². The number of allylic oxidation sites excluding steroid dienone is 1. The Morgan fingerprint density at radius 2 is 1.00 bits per heavy atom. The molecule has 0 saturated carbocycles. The first-order valence-corrected chi connectivity index (χ1v) is 23.4. The van der Waals surface area contributed by atoms with Crippen molar-refractivity contribution < 1.29 is 39.8 Å². The lowest BCUT2D eigenvalue weighted by molar-refractivity contribution is -0.302. The van der Waals surface area contributed by atoms with Gasteiger partial charge in [-0.15, -0.1) is 0 Å². The molecule has 1 aliphatic heterocycles. The van der Waals surface area contributed by atoms with Crippen LogP contribution in [0.1, 0.15) is 219 Å². The maximum Gasteiger partial charge on any atom is 0.220 e. The van der Waals surface area contributed by atoms with Gasteiger partial charge in [0.15, 0.2) is 6.29 Å². The molecular formula is C46H89NO8. The van der Waals surface area contributed by atoms with Gasteiger partial charge in [-0.3, -0.25) is 4.79 Å². The van der Waals surface area contributed by atoms with Crippen LogP contribution in [-0.4, -0.2) is 87.5 Å². The summed E-state index contributed by atoms with van der Waals surface area (Å²) in [6, 6.07) is -0.798. The molecule has 0 aromatic heterocycles. The van der Waals surface area contributed by atoms with Gasteiger partial charge in [0.1, 0.15) is 24.4 Å². The first-order valence-electron chi connectivity index (χ1n) is 23.4. The average Bonchev–Trinajstić information content (AvgIpc) is 3.18. The number of carbonyl (C=O) groups is 1. The Balaban J connectivity index is 2.35. The highest BCUT2D eigenvalue weighted by molar-refractivity contribution is 5.76. The van der Waals surface area contributed by atoms with Crippen molar-refractivity contribution in [3.63, 3.8) is 0 Å². The van der Waals surface area contributed by atoms with Gasteiger partial charge >= 0.3 is 0 Å². The average molecular weight is 784 g/mol. The summed E-state index contributed by atoms with van der Waals surface area (Å²) in [6.45, 7) is 3.79. The van der Waals surface area contributed by atoms with Crippen molar-refractivity contribution in [1.29, 1.82) is 0 Å². The number of aliphatic hydroxyl groups excluding tert-OH is 5. The van der Waals surface area contributed by atoms with Crippen LogP contribution in [0.4, 0.5) is 0 Å². The van der Waals surface area contributed by atoms with E-state index in [0.717, 1.165) is 38.5 Å². The lowest BCUT2D eigenvalue weighted by Gasteiger charge is -2.40. The molecule has 0 aliphatic carbocycles. The second-order valence-corrected chi connectivity index (χ2v) is 16.6. The van der Waals surface area contributed by atoms with Gasteiger partial charge in [-0.05, 0) is 19.3 Å². The van der Waals surface area contributed by atoms with Gasteiger partial charge in [0.25, 0.3) is 0 Å². The van der Waals surface area contributed by atoms with E-state index in [4.69, 9.17) is 9.47 Å². The molecule has 0 radical (unpaired) electrons. The maximum absolute atomic E-state index is 12.9. The first kappa shape index (κ1) is 51.9. The molecular weight excluding hydrogens is 695 g/mol. The molecule has 0 spiro atoms. The molecule has 1 aliphatic rings. The zero-order valence-corrected chi connectivity index (χ0v) is 35.7. The second-order valence-electron chi connectivity index (χ2n) is 16.6. The van der Waals surface area contributed by atoms with Gasteiger partial charge in [-0.2, -0.15) is 0 Å². The Kier molecular flexibility index (Phi) is 35.2. The van der Waals surface area contributed by atoms with Crippen molar-refractivity contribution >= 4 is 5.91 Å². The smallest absolute Gasteiger partial charge is 0.220 e. The summed E-state index contributed by atoms with van der Waals surface area (Å²) in [5.74, 6) is -0.174. The van der Waals surface area contributed by atoms with Crippen LogP contribution in [0.3, 0.4) is 0 Å². The molecule has 1 fully saturated rings. The van der Waals surface area contributed by atoms with Crippen molar-refractivity contribution in [2.45, 2.75) is 262 Å². The van der Waals surface area contributed by atoms with E-state index < -0.39 is 49.5 Å². The van der Waals surface area contributed by atoms with Gasteiger partial charge < -0.3 is 40.3 Å². The molecule has 1 saturated heterocycles. The number of rotatable bonds is 39. The van der Waals surface area contributed by atoms with E-state index in [1.54, 1.807) is 6.08 Å². The number of nitrogens with one attached hydrogen (secondary N) is 1. The maximum atomic E-state index is 12.9. The molecule has 6 N–H and O–H groups in total. The lowest BCUT2D eigenvalue weighted by atomic mass is 9.99. The Morgan fingerprint density at radius 3 is 1.42 bits per heavy atom. The van der Waals surface area contributed by atoms with Crippen LogP contribution < -0.4 is 5.32 Å². The van der Waals surface area contributed by atoms with Crippen LogP contribution in [-0.2, 0) is 14.3 Å². The largest absolute Gasteiger partial charge is 0.394 e. The Labute approximate surface area is 337 Å². The zero-order chi connectivity index (χ0) is 40.2. The number of unbranched alkanes of at least 4 members (excludes halogenated alkanes) is 29. The molecule has 2 unspecified atom stereocenters. The minimum atomic E-state index is -1.56. The predicted octanol–water partition coefficient (Wildman–Crippen LogP) is 9.73. The molecule has 326 valence electrons. The monoisotopic (exact) mass is 784 g/mol. The standard InChI is InChI=1S/C46H89NO8/c1-3-5-7-9-11-13-15-17-19-20-22-23-25-27-29-31-33-35-40(49)39(38-54-46-45(53)44(52)43(51)41(37-48)55-46)47-42(50)36-34-32-30-28-26-24-21-18-16-14-12-10-8-6-4-2/h33,35,39-41,43-46,48-49,51-53H,3-32,34,36-38H2,1-2H3,(H,47,50)/b35-33+/t39-,40+,41+,43+,44?,45?,46+/m0/s1. The van der Waals surface area contributed by atoms with Gasteiger partial charge in [-0.25, -0.2) is 0 Å². The van der Waals surface area contributed by atoms with E-state index in [1.165, 1.54) is 161 Å². The zero-order valence-electron chi connectivity index (χ0n) is 35.7. The van der Waals surface area contributed by atoms with Crippen molar-refractivity contribution in [3.8, 4) is 0 Å². The molecule has 1 amide bonds. The Hall–Kier alpha value is -1.07. The van der Waals surface area contributed by atoms with E-state index in [1.807, 2.05) is 6.08 Å². The molecule has 9 nitrogen and oxygen atoms in total. The normalized spacial score (nSPS) is 21.3. The molecule has 0 aromatic rings. The number of ether oxygens (including phenoxy) is 2. The van der Waals surface area contributed by atoms with Crippen LogP contribution in [0.15, 0.2) is 12.2 Å². The quantitative estimate of drug-likeness (QED) is 0.0267. The van der Waals surface area contributed by atoms with Crippen LogP contribution in [0.5, 0.6) is 0 Å². The van der Waals surface area contributed by atoms with Crippen LogP contribution in [0.25, 0.3) is 0 Å². The molecule has 1 heterocycles. The molecule has 55 heavy (non-hydrogen) atoms. The minimum absolute atomic E-state index is 0.174. The fourth-order valence-electron chi connectivity index (χ4n) is 7.57. The van der Waals surface area contributed by atoms with Gasteiger partial charge in [0.05, 0.1) is 25.4 Å². The number of hydrogen-bond acceptors (Lipinski definition) is 8.